The van der Waals surface area contributed by atoms with Crippen LogP contribution in [0.1, 0.15) is 6.92 Å². The first-order valence-electron chi connectivity index (χ1n) is 4.27. The number of rotatable bonds is 4. The molecule has 14 heavy (non-hydrogen) atoms. The molecule has 1 atom stereocenters. The molecule has 0 aliphatic rings. The van der Waals surface area contributed by atoms with E-state index < -0.39 is 5.82 Å². The summed E-state index contributed by atoms with van der Waals surface area (Å²) in [5, 5.41) is 0.0998. The number of ether oxygens (including phenoxy) is 1. The molecule has 0 fully saturated rings. The number of benzene rings is 1. The highest BCUT2D eigenvalue weighted by Gasteiger charge is 2.04. The summed E-state index contributed by atoms with van der Waals surface area (Å²) in [5.74, 6) is 0.776. The van der Waals surface area contributed by atoms with Crippen LogP contribution in [0.3, 0.4) is 0 Å². The summed E-state index contributed by atoms with van der Waals surface area (Å²) in [5.41, 5.74) is 0. The molecule has 0 aromatic heterocycles. The Bertz CT molecular complexity index is 304. The largest absolute Gasteiger partial charge is 0.493 e. The molecule has 78 valence electrons. The summed E-state index contributed by atoms with van der Waals surface area (Å²) in [6.45, 7) is 2.43. The van der Waals surface area contributed by atoms with Crippen LogP contribution in [0.25, 0.3) is 0 Å². The first kappa shape index (κ1) is 11.6. The van der Waals surface area contributed by atoms with Crippen LogP contribution in [-0.2, 0) is 0 Å². The van der Waals surface area contributed by atoms with E-state index in [-0.39, 0.29) is 10.9 Å². The van der Waals surface area contributed by atoms with E-state index in [1.54, 1.807) is 6.07 Å². The van der Waals surface area contributed by atoms with Gasteiger partial charge in [-0.15, -0.1) is 11.6 Å². The zero-order valence-corrected chi connectivity index (χ0v) is 9.28. The van der Waals surface area contributed by atoms with E-state index in [9.17, 15) is 4.39 Å². The summed E-state index contributed by atoms with van der Waals surface area (Å²) in [4.78, 5) is 0. The third kappa shape index (κ3) is 3.35. The molecular formula is C10H11Cl2FO. The van der Waals surface area contributed by atoms with Crippen molar-refractivity contribution in [2.45, 2.75) is 6.92 Å². The van der Waals surface area contributed by atoms with Crippen molar-refractivity contribution < 1.29 is 9.13 Å². The van der Waals surface area contributed by atoms with Gasteiger partial charge < -0.3 is 4.74 Å². The summed E-state index contributed by atoms with van der Waals surface area (Å²) in [6.07, 6.45) is 0. The maximum atomic E-state index is 12.9. The van der Waals surface area contributed by atoms with E-state index in [1.807, 2.05) is 6.92 Å². The van der Waals surface area contributed by atoms with E-state index in [0.29, 0.717) is 18.2 Å². The van der Waals surface area contributed by atoms with Gasteiger partial charge in [0.25, 0.3) is 0 Å². The minimum absolute atomic E-state index is 0.0998. The Morgan fingerprint density at radius 1 is 1.50 bits per heavy atom. The molecule has 1 nitrogen and oxygen atoms in total. The normalized spacial score (nSPS) is 12.6. The Labute approximate surface area is 92.8 Å². The van der Waals surface area contributed by atoms with Crippen molar-refractivity contribution in [3.05, 3.63) is 29.0 Å². The Balaban J connectivity index is 2.55. The zero-order chi connectivity index (χ0) is 10.6. The average molecular weight is 237 g/mol. The van der Waals surface area contributed by atoms with Crippen molar-refractivity contribution in [2.75, 3.05) is 12.5 Å². The Morgan fingerprint density at radius 3 is 2.79 bits per heavy atom. The van der Waals surface area contributed by atoms with Crippen molar-refractivity contribution in [3.63, 3.8) is 0 Å². The molecule has 0 saturated heterocycles. The fourth-order valence-corrected chi connectivity index (χ4v) is 1.06. The minimum atomic E-state index is -0.470. The van der Waals surface area contributed by atoms with Gasteiger partial charge in [0.15, 0.2) is 0 Å². The van der Waals surface area contributed by atoms with Gasteiger partial charge in [0, 0.05) is 17.9 Å². The van der Waals surface area contributed by atoms with E-state index in [0.717, 1.165) is 0 Å². The molecule has 0 radical (unpaired) electrons. The standard InChI is InChI=1S/C10H11Cl2FO/c1-7(5-11)6-14-8-2-3-9(12)10(13)4-8/h2-4,7H,5-6H2,1H3. The highest BCUT2D eigenvalue weighted by atomic mass is 35.5. The Kier molecular flexibility index (Phi) is 4.49. The summed E-state index contributed by atoms with van der Waals surface area (Å²) in [6, 6.07) is 4.37. The van der Waals surface area contributed by atoms with E-state index in [1.165, 1.54) is 12.1 Å². The summed E-state index contributed by atoms with van der Waals surface area (Å²) < 4.78 is 18.3. The van der Waals surface area contributed by atoms with Crippen LogP contribution in [0.15, 0.2) is 18.2 Å². The third-order valence-corrected chi connectivity index (χ3v) is 2.52. The lowest BCUT2D eigenvalue weighted by molar-refractivity contribution is 0.271. The third-order valence-electron chi connectivity index (χ3n) is 1.69. The number of halogens is 3. The minimum Gasteiger partial charge on any atom is -0.493 e. The van der Waals surface area contributed by atoms with Crippen LogP contribution in [0, 0.1) is 11.7 Å². The van der Waals surface area contributed by atoms with Gasteiger partial charge in [-0.1, -0.05) is 18.5 Å². The molecule has 0 N–H and O–H groups in total. The maximum Gasteiger partial charge on any atom is 0.145 e. The predicted octanol–water partition coefficient (Wildman–Crippen LogP) is 3.73. The fourth-order valence-electron chi connectivity index (χ4n) is 0.850. The van der Waals surface area contributed by atoms with Crippen LogP contribution in [-0.4, -0.2) is 12.5 Å². The van der Waals surface area contributed by atoms with Crippen molar-refractivity contribution in [3.8, 4) is 5.75 Å². The second-order valence-electron chi connectivity index (χ2n) is 3.15. The second kappa shape index (κ2) is 5.42. The van der Waals surface area contributed by atoms with Crippen molar-refractivity contribution >= 4 is 23.2 Å². The van der Waals surface area contributed by atoms with E-state index in [4.69, 9.17) is 27.9 Å². The number of alkyl halides is 1. The second-order valence-corrected chi connectivity index (χ2v) is 3.86. The Morgan fingerprint density at radius 2 is 2.21 bits per heavy atom. The van der Waals surface area contributed by atoms with Gasteiger partial charge in [-0.3, -0.25) is 0 Å². The molecule has 0 heterocycles. The van der Waals surface area contributed by atoms with Gasteiger partial charge in [0.2, 0.25) is 0 Å². The summed E-state index contributed by atoms with van der Waals surface area (Å²) in [7, 11) is 0. The molecular weight excluding hydrogens is 226 g/mol. The molecule has 1 aromatic rings. The first-order chi connectivity index (χ1) is 6.63. The lowest BCUT2D eigenvalue weighted by Gasteiger charge is -2.10. The van der Waals surface area contributed by atoms with Crippen LogP contribution in [0.2, 0.25) is 5.02 Å². The topological polar surface area (TPSA) is 9.23 Å². The SMILES string of the molecule is CC(CCl)COc1ccc(Cl)c(F)c1. The maximum absolute atomic E-state index is 12.9. The molecule has 1 unspecified atom stereocenters. The molecule has 0 saturated carbocycles. The van der Waals surface area contributed by atoms with Crippen molar-refractivity contribution in [2.24, 2.45) is 5.92 Å². The quantitative estimate of drug-likeness (QED) is 0.725. The zero-order valence-electron chi connectivity index (χ0n) is 7.77. The lowest BCUT2D eigenvalue weighted by atomic mass is 10.2. The molecule has 1 rings (SSSR count). The van der Waals surface area contributed by atoms with Gasteiger partial charge >= 0.3 is 0 Å². The highest BCUT2D eigenvalue weighted by molar-refractivity contribution is 6.30. The van der Waals surface area contributed by atoms with Gasteiger partial charge in [-0.25, -0.2) is 4.39 Å². The number of hydrogen-bond donors (Lipinski definition) is 0. The molecule has 0 amide bonds. The van der Waals surface area contributed by atoms with Gasteiger partial charge in [-0.2, -0.15) is 0 Å². The molecule has 0 spiro atoms. The van der Waals surface area contributed by atoms with E-state index >= 15 is 0 Å². The van der Waals surface area contributed by atoms with Gasteiger partial charge in [-0.05, 0) is 12.1 Å². The highest BCUT2D eigenvalue weighted by Crippen LogP contribution is 2.20. The molecule has 4 heteroatoms. The first-order valence-corrected chi connectivity index (χ1v) is 5.18. The van der Waals surface area contributed by atoms with Crippen LogP contribution >= 0.6 is 23.2 Å². The number of hydrogen-bond acceptors (Lipinski definition) is 1. The monoisotopic (exact) mass is 236 g/mol. The molecule has 0 bridgehead atoms. The van der Waals surface area contributed by atoms with Gasteiger partial charge in [0.1, 0.15) is 11.6 Å². The van der Waals surface area contributed by atoms with Crippen molar-refractivity contribution in [1.82, 2.24) is 0 Å². The molecule has 0 aliphatic carbocycles. The van der Waals surface area contributed by atoms with Gasteiger partial charge in [0.05, 0.1) is 11.6 Å². The van der Waals surface area contributed by atoms with Crippen LogP contribution < -0.4 is 4.74 Å². The van der Waals surface area contributed by atoms with E-state index in [2.05, 4.69) is 0 Å². The van der Waals surface area contributed by atoms with Crippen LogP contribution in [0.5, 0.6) is 5.75 Å². The molecule has 1 aromatic carbocycles. The van der Waals surface area contributed by atoms with Crippen LogP contribution in [0.4, 0.5) is 4.39 Å². The van der Waals surface area contributed by atoms with Crippen molar-refractivity contribution in [1.29, 1.82) is 0 Å². The average Bonchev–Trinajstić information content (AvgIpc) is 2.19. The Hall–Kier alpha value is -0.470. The molecule has 0 aliphatic heterocycles. The fraction of sp³-hybridized carbons (Fsp3) is 0.400. The smallest absolute Gasteiger partial charge is 0.145 e. The summed E-state index contributed by atoms with van der Waals surface area (Å²) >= 11 is 11.1. The lowest BCUT2D eigenvalue weighted by Crippen LogP contribution is -2.09. The predicted molar refractivity (Wildman–Crippen MR) is 56.8 cm³/mol.